The summed E-state index contributed by atoms with van der Waals surface area (Å²) in [5.41, 5.74) is 7.73. The molecule has 4 rings (SSSR count). The average molecular weight is 461 g/mol. The number of nitrogens with one attached hydrogen (secondary N) is 2. The van der Waals surface area contributed by atoms with Crippen molar-refractivity contribution in [1.82, 2.24) is 20.3 Å². The van der Waals surface area contributed by atoms with Crippen molar-refractivity contribution in [3.05, 3.63) is 83.3 Å². The topological polar surface area (TPSA) is 79.5 Å². The second kappa shape index (κ2) is 11.7. The highest BCUT2D eigenvalue weighted by Crippen LogP contribution is 2.23. The fourth-order valence-electron chi connectivity index (χ4n) is 3.89. The van der Waals surface area contributed by atoms with Crippen LogP contribution in [0.25, 0.3) is 17.3 Å². The van der Waals surface area contributed by atoms with E-state index in [9.17, 15) is 4.79 Å². The molecule has 2 aromatic carbocycles. The van der Waals surface area contributed by atoms with Crippen LogP contribution in [0.2, 0.25) is 0 Å². The number of H-pyrrole nitrogens is 1. The van der Waals surface area contributed by atoms with Crippen molar-refractivity contribution in [1.29, 1.82) is 0 Å². The molecule has 0 saturated carbocycles. The molecular formula is C27H32N4O3. The van der Waals surface area contributed by atoms with Gasteiger partial charge in [0.2, 0.25) is 0 Å². The van der Waals surface area contributed by atoms with Gasteiger partial charge < -0.3 is 14.6 Å². The molecule has 1 unspecified atom stereocenters. The molecule has 1 saturated heterocycles. The second-order valence-corrected chi connectivity index (χ2v) is 8.75. The zero-order valence-corrected chi connectivity index (χ0v) is 19.8. The molecule has 178 valence electrons. The van der Waals surface area contributed by atoms with Crippen molar-refractivity contribution in [3.63, 3.8) is 0 Å². The lowest BCUT2D eigenvalue weighted by Gasteiger charge is -2.21. The predicted octanol–water partition coefficient (Wildman–Crippen LogP) is 4.32. The van der Waals surface area contributed by atoms with E-state index in [0.29, 0.717) is 13.0 Å². The van der Waals surface area contributed by atoms with E-state index in [-0.39, 0.29) is 12.2 Å². The summed E-state index contributed by atoms with van der Waals surface area (Å²) in [6, 6.07) is 18.4. The minimum absolute atomic E-state index is 0.310. The molecule has 7 heteroatoms. The molecule has 3 aromatic rings. The van der Waals surface area contributed by atoms with Crippen LogP contribution in [0.15, 0.2) is 60.7 Å². The number of benzene rings is 2. The maximum absolute atomic E-state index is 12.0. The van der Waals surface area contributed by atoms with E-state index in [4.69, 9.17) is 14.6 Å². The Morgan fingerprint density at radius 1 is 1.18 bits per heavy atom. The highest BCUT2D eigenvalue weighted by molar-refractivity contribution is 5.90. The van der Waals surface area contributed by atoms with Gasteiger partial charge in [-0.1, -0.05) is 54.6 Å². The number of ether oxygens (including phenoxy) is 1. The van der Waals surface area contributed by atoms with E-state index in [1.807, 2.05) is 30.3 Å². The number of hydrogen-bond donors (Lipinski definition) is 2. The molecule has 0 aliphatic carbocycles. The van der Waals surface area contributed by atoms with E-state index in [1.54, 1.807) is 6.08 Å². The Bertz CT molecular complexity index is 1080. The summed E-state index contributed by atoms with van der Waals surface area (Å²) >= 11 is 0. The van der Waals surface area contributed by atoms with Gasteiger partial charge in [0.05, 0.1) is 11.4 Å². The monoisotopic (exact) mass is 460 g/mol. The Balaban J connectivity index is 1.36. The third-order valence-electron chi connectivity index (χ3n) is 5.56. The molecule has 0 radical (unpaired) electrons. The number of nitrogens with zero attached hydrogens (tertiary/aromatic N) is 2. The number of carbonyl (C=O) groups is 1. The van der Waals surface area contributed by atoms with E-state index in [0.717, 1.165) is 59.7 Å². The summed E-state index contributed by atoms with van der Waals surface area (Å²) in [7, 11) is 4.11. The van der Waals surface area contributed by atoms with Gasteiger partial charge in [-0.05, 0) is 44.1 Å². The van der Waals surface area contributed by atoms with Crippen molar-refractivity contribution in [2.24, 2.45) is 0 Å². The zero-order valence-electron chi connectivity index (χ0n) is 19.8. The first-order chi connectivity index (χ1) is 16.6. The predicted molar refractivity (Wildman–Crippen MR) is 133 cm³/mol. The Kier molecular flexibility index (Phi) is 8.25. The van der Waals surface area contributed by atoms with Crippen LogP contribution in [-0.2, 0) is 27.3 Å². The maximum Gasteiger partial charge on any atom is 0.267 e. The van der Waals surface area contributed by atoms with Crippen LogP contribution >= 0.6 is 0 Å². The van der Waals surface area contributed by atoms with Gasteiger partial charge in [0.1, 0.15) is 5.82 Å². The standard InChI is InChI=1S/C27H32N4O3/c1-31(2)19-23-27(22-8-4-3-5-9-22)29-24(28-23)18-21-13-11-20(12-14-21)15-16-25(32)30-34-26-10-6-7-17-33-26/h3-5,8-9,11-16,26H,6-7,10,17-19H2,1-2H3,(H,28,29)(H,30,32)/b16-15+. The lowest BCUT2D eigenvalue weighted by molar-refractivity contribution is -0.198. The molecule has 1 amide bonds. The SMILES string of the molecule is CN(C)Cc1[nH]c(Cc2ccc(/C=C/C(=O)NOC3CCCCO3)cc2)nc1-c1ccccc1. The number of amides is 1. The van der Waals surface area contributed by atoms with Gasteiger partial charge >= 0.3 is 0 Å². The maximum atomic E-state index is 12.0. The molecule has 1 aliphatic heterocycles. The van der Waals surface area contributed by atoms with Gasteiger partial charge in [-0.3, -0.25) is 4.79 Å². The number of aromatic nitrogens is 2. The minimum Gasteiger partial charge on any atom is -0.350 e. The van der Waals surface area contributed by atoms with Crippen LogP contribution in [-0.4, -0.2) is 47.8 Å². The lowest BCUT2D eigenvalue weighted by atomic mass is 10.1. The van der Waals surface area contributed by atoms with Gasteiger partial charge in [0.25, 0.3) is 5.91 Å². The summed E-state index contributed by atoms with van der Waals surface area (Å²) < 4.78 is 5.43. The van der Waals surface area contributed by atoms with Crippen LogP contribution < -0.4 is 5.48 Å². The van der Waals surface area contributed by atoms with Gasteiger partial charge in [0, 0.05) is 37.6 Å². The lowest BCUT2D eigenvalue weighted by Crippen LogP contribution is -2.32. The molecular weight excluding hydrogens is 428 g/mol. The van der Waals surface area contributed by atoms with Crippen molar-refractivity contribution < 1.29 is 14.4 Å². The summed E-state index contributed by atoms with van der Waals surface area (Å²) in [6.45, 7) is 1.46. The minimum atomic E-state index is -0.354. The third-order valence-corrected chi connectivity index (χ3v) is 5.56. The summed E-state index contributed by atoms with van der Waals surface area (Å²) in [5, 5.41) is 0. The first-order valence-electron chi connectivity index (χ1n) is 11.7. The number of hydrogen-bond acceptors (Lipinski definition) is 5. The molecule has 0 bridgehead atoms. The summed E-state index contributed by atoms with van der Waals surface area (Å²) in [6.07, 6.45) is 6.45. The smallest absolute Gasteiger partial charge is 0.267 e. The number of aromatic amines is 1. The Morgan fingerprint density at radius 3 is 2.68 bits per heavy atom. The average Bonchev–Trinajstić information content (AvgIpc) is 3.24. The number of carbonyl (C=O) groups excluding carboxylic acids is 1. The normalized spacial score (nSPS) is 16.3. The van der Waals surface area contributed by atoms with E-state index in [1.165, 1.54) is 6.08 Å². The van der Waals surface area contributed by atoms with Crippen LogP contribution in [0.1, 0.15) is 41.9 Å². The quantitative estimate of drug-likeness (QED) is 0.367. The third kappa shape index (κ3) is 6.87. The van der Waals surface area contributed by atoms with Crippen molar-refractivity contribution >= 4 is 12.0 Å². The van der Waals surface area contributed by atoms with Gasteiger partial charge in [-0.15, -0.1) is 0 Å². The van der Waals surface area contributed by atoms with Crippen molar-refractivity contribution in [2.45, 2.75) is 38.5 Å². The molecule has 2 N–H and O–H groups in total. The molecule has 1 aliphatic rings. The van der Waals surface area contributed by atoms with Crippen LogP contribution in [0, 0.1) is 0 Å². The fourth-order valence-corrected chi connectivity index (χ4v) is 3.89. The summed E-state index contributed by atoms with van der Waals surface area (Å²) in [4.78, 5) is 27.8. The van der Waals surface area contributed by atoms with Crippen LogP contribution in [0.3, 0.4) is 0 Å². The van der Waals surface area contributed by atoms with Gasteiger partial charge in [0.15, 0.2) is 6.29 Å². The van der Waals surface area contributed by atoms with Gasteiger partial charge in [-0.25, -0.2) is 15.3 Å². The highest BCUT2D eigenvalue weighted by Gasteiger charge is 2.15. The number of imidazole rings is 1. The van der Waals surface area contributed by atoms with Crippen LogP contribution in [0.4, 0.5) is 0 Å². The summed E-state index contributed by atoms with van der Waals surface area (Å²) in [5.74, 6) is 0.621. The number of rotatable bonds is 9. The molecule has 1 aromatic heterocycles. The van der Waals surface area contributed by atoms with Crippen molar-refractivity contribution in [2.75, 3.05) is 20.7 Å². The van der Waals surface area contributed by atoms with E-state index >= 15 is 0 Å². The highest BCUT2D eigenvalue weighted by atomic mass is 16.8. The van der Waals surface area contributed by atoms with Gasteiger partial charge in [-0.2, -0.15) is 0 Å². The molecule has 1 fully saturated rings. The molecule has 2 heterocycles. The second-order valence-electron chi connectivity index (χ2n) is 8.75. The van der Waals surface area contributed by atoms with Crippen molar-refractivity contribution in [3.8, 4) is 11.3 Å². The largest absolute Gasteiger partial charge is 0.350 e. The Hall–Kier alpha value is -3.26. The zero-order chi connectivity index (χ0) is 23.8. The first-order valence-corrected chi connectivity index (χ1v) is 11.7. The Labute approximate surface area is 200 Å². The fraction of sp³-hybridized carbons (Fsp3) is 0.333. The molecule has 0 spiro atoms. The van der Waals surface area contributed by atoms with Crippen LogP contribution in [0.5, 0.6) is 0 Å². The first kappa shape index (κ1) is 23.9. The van der Waals surface area contributed by atoms with E-state index in [2.05, 4.69) is 53.7 Å². The van der Waals surface area contributed by atoms with E-state index < -0.39 is 0 Å². The molecule has 34 heavy (non-hydrogen) atoms. The Morgan fingerprint density at radius 2 is 1.97 bits per heavy atom. The molecule has 1 atom stereocenters. The number of hydroxylamine groups is 1. The molecule has 7 nitrogen and oxygen atoms in total.